The summed E-state index contributed by atoms with van der Waals surface area (Å²) in [4.78, 5) is 27.0. The maximum absolute atomic E-state index is 11.9. The highest BCUT2D eigenvalue weighted by atomic mass is 16.4. The molecular weight excluding hydrogens is 222 g/mol. The minimum absolute atomic E-state index is 0.250. The molecule has 0 spiro atoms. The Morgan fingerprint density at radius 1 is 1.47 bits per heavy atom. The number of carboxylic acid groups (broad SMARTS) is 1. The number of nitrogens with one attached hydrogen (secondary N) is 1. The maximum atomic E-state index is 11.9. The predicted molar refractivity (Wildman–Crippen MR) is 59.5 cm³/mol. The molecule has 1 aliphatic carbocycles. The summed E-state index contributed by atoms with van der Waals surface area (Å²) in [6.07, 6.45) is 5.71. The van der Waals surface area contributed by atoms with Crippen LogP contribution in [0.3, 0.4) is 0 Å². The van der Waals surface area contributed by atoms with Crippen LogP contribution in [0, 0.1) is 0 Å². The number of hydrogen-bond donors (Lipinski definition) is 2. The van der Waals surface area contributed by atoms with Crippen molar-refractivity contribution in [3.05, 3.63) is 18.2 Å². The first kappa shape index (κ1) is 11.6. The van der Waals surface area contributed by atoms with Crippen LogP contribution in [0.4, 0.5) is 0 Å². The summed E-state index contributed by atoms with van der Waals surface area (Å²) in [5.41, 5.74) is -0.853. The summed E-state index contributed by atoms with van der Waals surface area (Å²) in [5.74, 6) is -1.38. The molecular formula is C11H15N3O3. The molecule has 0 unspecified atom stereocenters. The van der Waals surface area contributed by atoms with Gasteiger partial charge in [-0.2, -0.15) is 0 Å². The molecule has 1 saturated carbocycles. The third kappa shape index (κ3) is 2.15. The lowest BCUT2D eigenvalue weighted by Gasteiger charge is -2.24. The van der Waals surface area contributed by atoms with Crippen LogP contribution in [0.25, 0.3) is 0 Å². The van der Waals surface area contributed by atoms with Crippen LogP contribution >= 0.6 is 0 Å². The van der Waals surface area contributed by atoms with Gasteiger partial charge in [-0.1, -0.05) is 12.8 Å². The maximum Gasteiger partial charge on any atom is 0.329 e. The highest BCUT2D eigenvalue weighted by Crippen LogP contribution is 2.30. The summed E-state index contributed by atoms with van der Waals surface area (Å²) in [7, 11) is 1.76. The van der Waals surface area contributed by atoms with Crippen LogP contribution in [0.15, 0.2) is 12.5 Å². The Morgan fingerprint density at radius 3 is 2.59 bits per heavy atom. The fourth-order valence-electron chi connectivity index (χ4n) is 2.18. The third-order valence-electron chi connectivity index (χ3n) is 3.16. The Bertz CT molecular complexity index is 447. The molecule has 2 rings (SSSR count). The second kappa shape index (κ2) is 4.20. The highest BCUT2D eigenvalue weighted by Gasteiger charge is 2.42. The van der Waals surface area contributed by atoms with Crippen molar-refractivity contribution in [2.24, 2.45) is 7.05 Å². The minimum Gasteiger partial charge on any atom is -0.480 e. The van der Waals surface area contributed by atoms with E-state index in [-0.39, 0.29) is 5.69 Å². The average Bonchev–Trinajstić information content (AvgIpc) is 2.87. The van der Waals surface area contributed by atoms with Crippen LogP contribution < -0.4 is 5.32 Å². The van der Waals surface area contributed by atoms with Gasteiger partial charge in [0.05, 0.1) is 6.33 Å². The van der Waals surface area contributed by atoms with Crippen LogP contribution in [0.5, 0.6) is 0 Å². The van der Waals surface area contributed by atoms with Gasteiger partial charge in [0.25, 0.3) is 5.91 Å². The van der Waals surface area contributed by atoms with E-state index in [0.717, 1.165) is 12.8 Å². The van der Waals surface area contributed by atoms with E-state index in [9.17, 15) is 14.7 Å². The zero-order chi connectivity index (χ0) is 12.5. The first-order valence-corrected chi connectivity index (χ1v) is 5.57. The predicted octanol–water partition coefficient (Wildman–Crippen LogP) is 0.547. The fourth-order valence-corrected chi connectivity index (χ4v) is 2.18. The molecule has 0 saturated heterocycles. The Balaban J connectivity index is 2.14. The number of nitrogens with zero attached hydrogens (tertiary/aromatic N) is 2. The summed E-state index contributed by atoms with van der Waals surface area (Å²) in [6.45, 7) is 0. The largest absolute Gasteiger partial charge is 0.480 e. The number of carbonyl (C=O) groups is 2. The monoisotopic (exact) mass is 237 g/mol. The molecule has 0 atom stereocenters. The van der Waals surface area contributed by atoms with Gasteiger partial charge >= 0.3 is 5.97 Å². The van der Waals surface area contributed by atoms with Gasteiger partial charge < -0.3 is 15.0 Å². The van der Waals surface area contributed by atoms with Crippen LogP contribution in [0.2, 0.25) is 0 Å². The molecule has 17 heavy (non-hydrogen) atoms. The van der Waals surface area contributed by atoms with E-state index in [1.54, 1.807) is 17.8 Å². The van der Waals surface area contributed by atoms with E-state index >= 15 is 0 Å². The zero-order valence-electron chi connectivity index (χ0n) is 9.64. The lowest BCUT2D eigenvalue weighted by Crippen LogP contribution is -2.52. The normalized spacial score (nSPS) is 17.9. The number of amides is 1. The van der Waals surface area contributed by atoms with Crippen molar-refractivity contribution in [3.8, 4) is 0 Å². The lowest BCUT2D eigenvalue weighted by atomic mass is 9.98. The highest BCUT2D eigenvalue weighted by molar-refractivity contribution is 5.96. The van der Waals surface area contributed by atoms with Gasteiger partial charge in [-0.05, 0) is 12.8 Å². The van der Waals surface area contributed by atoms with Crippen molar-refractivity contribution in [2.45, 2.75) is 31.2 Å². The number of rotatable bonds is 3. The first-order chi connectivity index (χ1) is 8.03. The second-order valence-corrected chi connectivity index (χ2v) is 4.47. The van der Waals surface area contributed by atoms with Crippen molar-refractivity contribution in [2.75, 3.05) is 0 Å². The van der Waals surface area contributed by atoms with Gasteiger partial charge in [0, 0.05) is 13.2 Å². The Hall–Kier alpha value is -1.85. The number of imidazole rings is 1. The number of aromatic nitrogens is 2. The van der Waals surface area contributed by atoms with E-state index in [2.05, 4.69) is 10.3 Å². The number of carbonyl (C=O) groups excluding carboxylic acids is 1. The number of carboxylic acids is 1. The van der Waals surface area contributed by atoms with E-state index < -0.39 is 17.4 Å². The molecule has 1 aliphatic rings. The second-order valence-electron chi connectivity index (χ2n) is 4.47. The topological polar surface area (TPSA) is 84.2 Å². The molecule has 0 bridgehead atoms. The SMILES string of the molecule is Cn1cnc(C(=O)NC2(C(=O)O)CCCC2)c1. The van der Waals surface area contributed by atoms with Crippen molar-refractivity contribution in [1.29, 1.82) is 0 Å². The molecule has 2 N–H and O–H groups in total. The van der Waals surface area contributed by atoms with Crippen molar-refractivity contribution >= 4 is 11.9 Å². The standard InChI is InChI=1S/C11H15N3O3/c1-14-6-8(12-7-14)9(15)13-11(10(16)17)4-2-3-5-11/h6-7H,2-5H2,1H3,(H,13,15)(H,16,17). The fraction of sp³-hybridized carbons (Fsp3) is 0.545. The summed E-state index contributed by atoms with van der Waals surface area (Å²) >= 11 is 0. The molecule has 1 aromatic rings. The van der Waals surface area contributed by atoms with Gasteiger partial charge in [-0.25, -0.2) is 9.78 Å². The molecule has 1 amide bonds. The number of hydrogen-bond acceptors (Lipinski definition) is 3. The Labute approximate surface area is 98.7 Å². The average molecular weight is 237 g/mol. The summed E-state index contributed by atoms with van der Waals surface area (Å²) < 4.78 is 1.65. The molecule has 1 fully saturated rings. The van der Waals surface area contributed by atoms with E-state index in [1.807, 2.05) is 0 Å². The van der Waals surface area contributed by atoms with Gasteiger partial charge in [0.15, 0.2) is 0 Å². The van der Waals surface area contributed by atoms with E-state index in [4.69, 9.17) is 0 Å². The number of aryl methyl sites for hydroxylation is 1. The van der Waals surface area contributed by atoms with Crippen LogP contribution in [-0.4, -0.2) is 32.1 Å². The van der Waals surface area contributed by atoms with Crippen molar-refractivity contribution in [1.82, 2.24) is 14.9 Å². The molecule has 92 valence electrons. The summed E-state index contributed by atoms with van der Waals surface area (Å²) in [5, 5.41) is 11.8. The van der Waals surface area contributed by atoms with Crippen molar-refractivity contribution < 1.29 is 14.7 Å². The van der Waals surface area contributed by atoms with Gasteiger partial charge in [-0.3, -0.25) is 4.79 Å². The zero-order valence-corrected chi connectivity index (χ0v) is 9.64. The third-order valence-corrected chi connectivity index (χ3v) is 3.16. The van der Waals surface area contributed by atoms with Crippen LogP contribution in [-0.2, 0) is 11.8 Å². The quantitative estimate of drug-likeness (QED) is 0.804. The first-order valence-electron chi connectivity index (χ1n) is 5.57. The minimum atomic E-state index is -1.10. The van der Waals surface area contributed by atoms with Crippen LogP contribution in [0.1, 0.15) is 36.2 Å². The molecule has 0 radical (unpaired) electrons. The smallest absolute Gasteiger partial charge is 0.329 e. The van der Waals surface area contributed by atoms with Crippen molar-refractivity contribution in [3.63, 3.8) is 0 Å². The van der Waals surface area contributed by atoms with Gasteiger partial charge in [0.1, 0.15) is 11.2 Å². The molecule has 6 nitrogen and oxygen atoms in total. The molecule has 1 aromatic heterocycles. The molecule has 1 heterocycles. The Kier molecular flexibility index (Phi) is 2.87. The molecule has 0 aliphatic heterocycles. The molecule has 6 heteroatoms. The molecule has 0 aromatic carbocycles. The number of aliphatic carboxylic acids is 1. The Morgan fingerprint density at radius 2 is 2.12 bits per heavy atom. The lowest BCUT2D eigenvalue weighted by molar-refractivity contribution is -0.144. The van der Waals surface area contributed by atoms with Gasteiger partial charge in [0.2, 0.25) is 0 Å². The van der Waals surface area contributed by atoms with Gasteiger partial charge in [-0.15, -0.1) is 0 Å². The van der Waals surface area contributed by atoms with E-state index in [0.29, 0.717) is 12.8 Å². The summed E-state index contributed by atoms with van der Waals surface area (Å²) in [6, 6.07) is 0. The van der Waals surface area contributed by atoms with E-state index in [1.165, 1.54) is 6.33 Å².